The molecular formula is C19H11Cl2FN2OS2. The maximum absolute atomic E-state index is 13.1. The van der Waals surface area contributed by atoms with Crippen LogP contribution in [-0.2, 0) is 5.75 Å². The van der Waals surface area contributed by atoms with Gasteiger partial charge in [-0.25, -0.2) is 9.37 Å². The van der Waals surface area contributed by atoms with Gasteiger partial charge in [-0.15, -0.1) is 11.3 Å². The zero-order chi connectivity index (χ0) is 19.0. The van der Waals surface area contributed by atoms with Crippen LogP contribution in [0.2, 0.25) is 10.0 Å². The van der Waals surface area contributed by atoms with Gasteiger partial charge >= 0.3 is 0 Å². The zero-order valence-corrected chi connectivity index (χ0v) is 16.8. The van der Waals surface area contributed by atoms with Crippen molar-refractivity contribution in [1.29, 1.82) is 0 Å². The molecule has 27 heavy (non-hydrogen) atoms. The summed E-state index contributed by atoms with van der Waals surface area (Å²) in [6, 6.07) is 13.2. The maximum Gasteiger partial charge on any atom is 0.276 e. The molecule has 4 rings (SSSR count). The summed E-state index contributed by atoms with van der Waals surface area (Å²) in [4.78, 5) is 17.7. The molecule has 136 valence electrons. The Morgan fingerprint density at radius 3 is 2.67 bits per heavy atom. The molecule has 2 heterocycles. The Bertz CT molecular complexity index is 1190. The Balaban J connectivity index is 1.84. The average Bonchev–Trinajstić information content (AvgIpc) is 3.13. The molecular weight excluding hydrogens is 426 g/mol. The van der Waals surface area contributed by atoms with E-state index < -0.39 is 0 Å². The van der Waals surface area contributed by atoms with Gasteiger partial charge in [0.2, 0.25) is 0 Å². The van der Waals surface area contributed by atoms with Crippen molar-refractivity contribution < 1.29 is 4.39 Å². The Morgan fingerprint density at radius 1 is 1.11 bits per heavy atom. The number of thioether (sulfide) groups is 1. The molecule has 0 aliphatic heterocycles. The quantitative estimate of drug-likeness (QED) is 0.282. The lowest BCUT2D eigenvalue weighted by molar-refractivity contribution is 0.627. The largest absolute Gasteiger partial charge is 0.276 e. The van der Waals surface area contributed by atoms with Gasteiger partial charge in [0.1, 0.15) is 10.5 Å². The molecule has 2 aromatic carbocycles. The van der Waals surface area contributed by atoms with Crippen molar-refractivity contribution in [3.05, 3.63) is 85.7 Å². The lowest BCUT2D eigenvalue weighted by Gasteiger charge is -2.14. The van der Waals surface area contributed by atoms with E-state index in [4.69, 9.17) is 23.2 Å². The summed E-state index contributed by atoms with van der Waals surface area (Å²) in [5.74, 6) is 0.241. The number of fused-ring (bicyclic) bond motifs is 1. The van der Waals surface area contributed by atoms with Gasteiger partial charge in [-0.05, 0) is 41.3 Å². The Morgan fingerprint density at radius 2 is 1.89 bits per heavy atom. The molecule has 0 spiro atoms. The lowest BCUT2D eigenvalue weighted by Crippen LogP contribution is -2.21. The highest BCUT2D eigenvalue weighted by Crippen LogP contribution is 2.32. The lowest BCUT2D eigenvalue weighted by atomic mass is 10.2. The fourth-order valence-electron chi connectivity index (χ4n) is 2.59. The van der Waals surface area contributed by atoms with E-state index in [1.807, 2.05) is 11.4 Å². The summed E-state index contributed by atoms with van der Waals surface area (Å²) < 4.78 is 15.2. The minimum absolute atomic E-state index is 0.194. The maximum atomic E-state index is 13.1. The van der Waals surface area contributed by atoms with Gasteiger partial charge < -0.3 is 0 Å². The third kappa shape index (κ3) is 3.62. The zero-order valence-electron chi connectivity index (χ0n) is 13.7. The molecule has 8 heteroatoms. The minimum Gasteiger partial charge on any atom is -0.267 e. The van der Waals surface area contributed by atoms with Crippen molar-refractivity contribution >= 4 is 56.5 Å². The molecule has 0 saturated heterocycles. The fourth-order valence-corrected chi connectivity index (χ4v) is 4.70. The molecule has 0 atom stereocenters. The first-order valence-electron chi connectivity index (χ1n) is 7.86. The van der Waals surface area contributed by atoms with E-state index in [1.54, 1.807) is 30.3 Å². The predicted molar refractivity (Wildman–Crippen MR) is 111 cm³/mol. The molecule has 0 amide bonds. The second-order valence-corrected chi connectivity index (χ2v) is 8.30. The first kappa shape index (κ1) is 18.5. The van der Waals surface area contributed by atoms with Crippen LogP contribution in [0, 0.1) is 5.82 Å². The molecule has 3 nitrogen and oxygen atoms in total. The van der Waals surface area contributed by atoms with Gasteiger partial charge in [-0.2, -0.15) is 0 Å². The van der Waals surface area contributed by atoms with Crippen molar-refractivity contribution in [3.8, 4) is 5.69 Å². The number of hydrogen-bond donors (Lipinski definition) is 0. The fraction of sp³-hybridized carbons (Fsp3) is 0.0526. The highest BCUT2D eigenvalue weighted by molar-refractivity contribution is 7.98. The van der Waals surface area contributed by atoms with Gasteiger partial charge in [-0.1, -0.05) is 53.2 Å². The molecule has 0 saturated carbocycles. The number of benzene rings is 2. The minimum atomic E-state index is -0.288. The highest BCUT2D eigenvalue weighted by atomic mass is 35.5. The van der Waals surface area contributed by atoms with E-state index in [1.165, 1.54) is 39.8 Å². The molecule has 0 fully saturated rings. The first-order valence-corrected chi connectivity index (χ1v) is 10.5. The number of rotatable bonds is 4. The summed E-state index contributed by atoms with van der Waals surface area (Å²) >= 11 is 15.2. The molecule has 2 aromatic heterocycles. The summed E-state index contributed by atoms with van der Waals surface area (Å²) in [5, 5.41) is 2.99. The van der Waals surface area contributed by atoms with E-state index in [-0.39, 0.29) is 11.4 Å². The third-order valence-corrected chi connectivity index (χ3v) is 6.61. The summed E-state index contributed by atoms with van der Waals surface area (Å²) in [7, 11) is 0. The van der Waals surface area contributed by atoms with Crippen molar-refractivity contribution in [2.45, 2.75) is 10.9 Å². The van der Waals surface area contributed by atoms with E-state index in [2.05, 4.69) is 4.98 Å². The van der Waals surface area contributed by atoms with Crippen LogP contribution >= 0.6 is 46.3 Å². The van der Waals surface area contributed by atoms with E-state index in [9.17, 15) is 9.18 Å². The predicted octanol–water partition coefficient (Wildman–Crippen LogP) is 6.19. The smallest absolute Gasteiger partial charge is 0.267 e. The molecule has 0 aliphatic carbocycles. The number of nitrogens with zero attached hydrogens (tertiary/aromatic N) is 2. The average molecular weight is 437 g/mol. The molecule has 4 aromatic rings. The van der Waals surface area contributed by atoms with Crippen molar-refractivity contribution in [2.24, 2.45) is 0 Å². The van der Waals surface area contributed by atoms with Crippen LogP contribution in [0.25, 0.3) is 15.9 Å². The highest BCUT2D eigenvalue weighted by Gasteiger charge is 2.17. The summed E-state index contributed by atoms with van der Waals surface area (Å²) in [6.07, 6.45) is 0. The summed E-state index contributed by atoms with van der Waals surface area (Å²) in [6.45, 7) is 0. The van der Waals surface area contributed by atoms with Crippen LogP contribution in [-0.4, -0.2) is 9.55 Å². The van der Waals surface area contributed by atoms with Gasteiger partial charge in [0.05, 0.1) is 21.2 Å². The molecule has 0 aliphatic rings. The normalized spacial score (nSPS) is 11.2. The Kier molecular flexibility index (Phi) is 5.23. The van der Waals surface area contributed by atoms with Crippen molar-refractivity contribution in [1.82, 2.24) is 9.55 Å². The van der Waals surface area contributed by atoms with Crippen LogP contribution in [0.15, 0.2) is 63.9 Å². The van der Waals surface area contributed by atoms with Gasteiger partial charge in [0.15, 0.2) is 5.16 Å². The van der Waals surface area contributed by atoms with Crippen molar-refractivity contribution in [3.63, 3.8) is 0 Å². The number of aromatic nitrogens is 2. The monoisotopic (exact) mass is 436 g/mol. The van der Waals surface area contributed by atoms with E-state index in [0.29, 0.717) is 36.9 Å². The SMILES string of the molecule is O=c1c2sccc2nc(SCc2ccc(F)cc2)n1-c1cccc(Cl)c1Cl. The Labute approximate surface area is 172 Å². The van der Waals surface area contributed by atoms with Gasteiger partial charge in [0, 0.05) is 5.75 Å². The molecule has 0 radical (unpaired) electrons. The Hall–Kier alpha value is -1.86. The van der Waals surface area contributed by atoms with E-state index in [0.717, 1.165) is 5.56 Å². The second-order valence-electron chi connectivity index (χ2n) is 5.66. The number of hydrogen-bond acceptors (Lipinski definition) is 4. The molecule has 0 bridgehead atoms. The number of thiophene rings is 1. The van der Waals surface area contributed by atoms with Crippen LogP contribution in [0.5, 0.6) is 0 Å². The van der Waals surface area contributed by atoms with Crippen molar-refractivity contribution in [2.75, 3.05) is 0 Å². The summed E-state index contributed by atoms with van der Waals surface area (Å²) in [5.41, 5.74) is 1.85. The molecule has 0 N–H and O–H groups in total. The van der Waals surface area contributed by atoms with Gasteiger partial charge in [-0.3, -0.25) is 9.36 Å². The van der Waals surface area contributed by atoms with Crippen LogP contribution in [0.1, 0.15) is 5.56 Å². The molecule has 0 unspecified atom stereocenters. The first-order chi connectivity index (χ1) is 13.0. The van der Waals surface area contributed by atoms with Gasteiger partial charge in [0.25, 0.3) is 5.56 Å². The number of halogens is 3. The topological polar surface area (TPSA) is 34.9 Å². The standard InChI is InChI=1S/C19H11Cl2FN2OS2/c20-13-2-1-3-15(16(13)21)24-18(25)17-14(8-9-26-17)23-19(24)27-10-11-4-6-12(22)7-5-11/h1-9H,10H2. The van der Waals surface area contributed by atoms with Crippen LogP contribution < -0.4 is 5.56 Å². The van der Waals surface area contributed by atoms with Crippen LogP contribution in [0.3, 0.4) is 0 Å². The van der Waals surface area contributed by atoms with Crippen LogP contribution in [0.4, 0.5) is 4.39 Å². The van der Waals surface area contributed by atoms with E-state index >= 15 is 0 Å². The third-order valence-electron chi connectivity index (χ3n) is 3.90. The second kappa shape index (κ2) is 7.64.